The molecular formula is C12H10ClN7. The summed E-state index contributed by atoms with van der Waals surface area (Å²) in [6.45, 7) is 0. The summed E-state index contributed by atoms with van der Waals surface area (Å²) in [4.78, 5) is 8.24. The van der Waals surface area contributed by atoms with Crippen molar-refractivity contribution in [1.82, 2.24) is 29.8 Å². The Balaban J connectivity index is 1.82. The molecule has 0 atom stereocenters. The Bertz CT molecular complexity index is 766. The SMILES string of the molecule is Clc1cc(Nc2ncccn2)c2nnc(C3CC3)n2n1. The molecule has 1 saturated carbocycles. The fraction of sp³-hybridized carbons (Fsp3) is 0.250. The van der Waals surface area contributed by atoms with E-state index in [-0.39, 0.29) is 0 Å². The summed E-state index contributed by atoms with van der Waals surface area (Å²) in [5.41, 5.74) is 1.32. The van der Waals surface area contributed by atoms with Gasteiger partial charge < -0.3 is 5.32 Å². The zero-order valence-corrected chi connectivity index (χ0v) is 11.1. The van der Waals surface area contributed by atoms with Crippen molar-refractivity contribution in [3.05, 3.63) is 35.5 Å². The van der Waals surface area contributed by atoms with E-state index in [9.17, 15) is 0 Å². The van der Waals surface area contributed by atoms with Crippen LogP contribution in [0.4, 0.5) is 11.6 Å². The summed E-state index contributed by atoms with van der Waals surface area (Å²) in [5.74, 6) is 1.78. The van der Waals surface area contributed by atoms with Crippen molar-refractivity contribution in [2.45, 2.75) is 18.8 Å². The summed E-state index contributed by atoms with van der Waals surface area (Å²) in [6, 6.07) is 3.45. The van der Waals surface area contributed by atoms with Gasteiger partial charge in [0.25, 0.3) is 0 Å². The van der Waals surface area contributed by atoms with Gasteiger partial charge in [-0.25, -0.2) is 9.97 Å². The highest BCUT2D eigenvalue weighted by Crippen LogP contribution is 2.39. The molecule has 3 aromatic heterocycles. The van der Waals surface area contributed by atoms with Crippen LogP contribution in [0, 0.1) is 0 Å². The minimum atomic E-state index is 0.373. The standard InChI is InChI=1S/C12H10ClN7/c13-9-6-8(16-12-14-4-1-5-15-12)11-18-17-10(7-2-3-7)20(11)19-9/h1,4-7H,2-3H2,(H,14,15,16). The molecular weight excluding hydrogens is 278 g/mol. The Morgan fingerprint density at radius 3 is 2.75 bits per heavy atom. The van der Waals surface area contributed by atoms with E-state index in [2.05, 4.69) is 30.6 Å². The Hall–Kier alpha value is -2.28. The van der Waals surface area contributed by atoms with Crippen LogP contribution >= 0.6 is 11.6 Å². The molecule has 7 nitrogen and oxygen atoms in total. The molecule has 4 rings (SSSR count). The van der Waals surface area contributed by atoms with Crippen LogP contribution in [0.3, 0.4) is 0 Å². The summed E-state index contributed by atoms with van der Waals surface area (Å²) in [5, 5.41) is 16.1. The second-order valence-electron chi connectivity index (χ2n) is 4.65. The van der Waals surface area contributed by atoms with E-state index in [1.54, 1.807) is 29.0 Å². The average molecular weight is 288 g/mol. The van der Waals surface area contributed by atoms with E-state index in [0.717, 1.165) is 18.7 Å². The molecule has 0 radical (unpaired) electrons. The Labute approximate surface area is 119 Å². The maximum atomic E-state index is 6.08. The first-order valence-corrected chi connectivity index (χ1v) is 6.65. The third-order valence-electron chi connectivity index (χ3n) is 3.12. The van der Waals surface area contributed by atoms with Crippen LogP contribution in [0.1, 0.15) is 24.6 Å². The molecule has 3 heterocycles. The summed E-state index contributed by atoms with van der Waals surface area (Å²) in [6.07, 6.45) is 5.57. The van der Waals surface area contributed by atoms with Crippen LogP contribution in [-0.4, -0.2) is 29.8 Å². The zero-order valence-electron chi connectivity index (χ0n) is 10.4. The van der Waals surface area contributed by atoms with Gasteiger partial charge in [0.15, 0.2) is 11.0 Å². The summed E-state index contributed by atoms with van der Waals surface area (Å²) >= 11 is 6.08. The molecule has 1 aliphatic carbocycles. The van der Waals surface area contributed by atoms with E-state index < -0.39 is 0 Å². The number of halogens is 1. The molecule has 100 valence electrons. The van der Waals surface area contributed by atoms with Crippen molar-refractivity contribution in [2.75, 3.05) is 5.32 Å². The molecule has 0 amide bonds. The summed E-state index contributed by atoms with van der Waals surface area (Å²) in [7, 11) is 0. The van der Waals surface area contributed by atoms with Crippen LogP contribution < -0.4 is 5.32 Å². The number of nitrogens with one attached hydrogen (secondary N) is 1. The quantitative estimate of drug-likeness (QED) is 0.795. The van der Waals surface area contributed by atoms with Crippen molar-refractivity contribution in [1.29, 1.82) is 0 Å². The fourth-order valence-corrected chi connectivity index (χ4v) is 2.22. The molecule has 0 bridgehead atoms. The van der Waals surface area contributed by atoms with Crippen LogP contribution in [0.5, 0.6) is 0 Å². The molecule has 0 spiro atoms. The lowest BCUT2D eigenvalue weighted by Crippen LogP contribution is -2.03. The normalized spacial score (nSPS) is 14.7. The monoisotopic (exact) mass is 287 g/mol. The van der Waals surface area contributed by atoms with E-state index in [4.69, 9.17) is 11.6 Å². The molecule has 0 aliphatic heterocycles. The third-order valence-corrected chi connectivity index (χ3v) is 3.30. The molecule has 1 aliphatic rings. The second kappa shape index (κ2) is 4.38. The molecule has 3 aromatic rings. The molecule has 0 unspecified atom stereocenters. The third kappa shape index (κ3) is 1.96. The minimum Gasteiger partial charge on any atom is -0.321 e. The first-order valence-electron chi connectivity index (χ1n) is 6.27. The van der Waals surface area contributed by atoms with Gasteiger partial charge in [-0.3, -0.25) is 0 Å². The topological polar surface area (TPSA) is 80.9 Å². The molecule has 0 aromatic carbocycles. The van der Waals surface area contributed by atoms with E-state index >= 15 is 0 Å². The fourth-order valence-electron chi connectivity index (χ4n) is 2.04. The molecule has 1 fully saturated rings. The van der Waals surface area contributed by atoms with E-state index in [1.165, 1.54) is 0 Å². The first-order chi connectivity index (χ1) is 9.81. The number of fused-ring (bicyclic) bond motifs is 1. The first kappa shape index (κ1) is 11.5. The molecule has 1 N–H and O–H groups in total. The number of nitrogens with zero attached hydrogens (tertiary/aromatic N) is 6. The summed E-state index contributed by atoms with van der Waals surface area (Å²) < 4.78 is 1.70. The van der Waals surface area contributed by atoms with Gasteiger partial charge in [-0.05, 0) is 18.9 Å². The number of rotatable bonds is 3. The number of hydrogen-bond acceptors (Lipinski definition) is 6. The van der Waals surface area contributed by atoms with Crippen LogP contribution in [0.15, 0.2) is 24.5 Å². The number of aromatic nitrogens is 6. The van der Waals surface area contributed by atoms with Crippen LogP contribution in [-0.2, 0) is 0 Å². The number of anilines is 2. The van der Waals surface area contributed by atoms with Crippen molar-refractivity contribution < 1.29 is 0 Å². The minimum absolute atomic E-state index is 0.373. The van der Waals surface area contributed by atoms with Gasteiger partial charge in [0, 0.05) is 24.4 Å². The van der Waals surface area contributed by atoms with Gasteiger partial charge >= 0.3 is 0 Å². The maximum Gasteiger partial charge on any atom is 0.227 e. The Morgan fingerprint density at radius 2 is 2.00 bits per heavy atom. The predicted octanol–water partition coefficient (Wildman–Crippen LogP) is 2.19. The lowest BCUT2D eigenvalue weighted by molar-refractivity contribution is 0.815. The van der Waals surface area contributed by atoms with Gasteiger partial charge in [0.05, 0.1) is 5.69 Å². The van der Waals surface area contributed by atoms with Crippen molar-refractivity contribution in [3.63, 3.8) is 0 Å². The second-order valence-corrected chi connectivity index (χ2v) is 5.03. The van der Waals surface area contributed by atoms with Crippen LogP contribution in [0.25, 0.3) is 5.65 Å². The lowest BCUT2D eigenvalue weighted by Gasteiger charge is -2.06. The predicted molar refractivity (Wildman–Crippen MR) is 73.1 cm³/mol. The van der Waals surface area contributed by atoms with Crippen molar-refractivity contribution in [2.24, 2.45) is 0 Å². The van der Waals surface area contributed by atoms with Gasteiger partial charge in [-0.15, -0.1) is 10.2 Å². The lowest BCUT2D eigenvalue weighted by atomic mass is 10.4. The van der Waals surface area contributed by atoms with Crippen molar-refractivity contribution >= 4 is 28.9 Å². The highest BCUT2D eigenvalue weighted by atomic mass is 35.5. The highest BCUT2D eigenvalue weighted by molar-refractivity contribution is 6.29. The maximum absolute atomic E-state index is 6.08. The van der Waals surface area contributed by atoms with Gasteiger partial charge in [0.1, 0.15) is 0 Å². The molecule has 20 heavy (non-hydrogen) atoms. The van der Waals surface area contributed by atoms with Gasteiger partial charge in [-0.2, -0.15) is 9.61 Å². The van der Waals surface area contributed by atoms with Gasteiger partial charge in [-0.1, -0.05) is 11.6 Å². The number of hydrogen-bond donors (Lipinski definition) is 1. The van der Waals surface area contributed by atoms with E-state index in [1.807, 2.05) is 0 Å². The largest absolute Gasteiger partial charge is 0.321 e. The molecule has 0 saturated heterocycles. The highest BCUT2D eigenvalue weighted by Gasteiger charge is 2.30. The average Bonchev–Trinajstić information content (AvgIpc) is 3.20. The van der Waals surface area contributed by atoms with Crippen LogP contribution in [0.2, 0.25) is 5.15 Å². The van der Waals surface area contributed by atoms with E-state index in [0.29, 0.717) is 28.4 Å². The zero-order chi connectivity index (χ0) is 13.5. The smallest absolute Gasteiger partial charge is 0.227 e. The Morgan fingerprint density at radius 1 is 1.20 bits per heavy atom. The molecule has 8 heteroatoms. The van der Waals surface area contributed by atoms with Crippen molar-refractivity contribution in [3.8, 4) is 0 Å². The Kier molecular flexibility index (Phi) is 2.53. The van der Waals surface area contributed by atoms with Gasteiger partial charge in [0.2, 0.25) is 11.6 Å².